The minimum absolute atomic E-state index is 0. The Morgan fingerprint density at radius 2 is 0.642 bits per heavy atom. The van der Waals surface area contributed by atoms with Crippen molar-refractivity contribution in [1.82, 2.24) is 51.2 Å². The number of hydrogen-bond donors (Lipinski definition) is 1. The molecule has 20 rings (SSSR count). The molecule has 0 atom stereocenters. The normalized spacial score (nSPS) is 11.6. The van der Waals surface area contributed by atoms with Crippen LogP contribution in [0.25, 0.3) is 75.4 Å². The molecule has 0 spiro atoms. The van der Waals surface area contributed by atoms with Crippen molar-refractivity contribution >= 4 is 365 Å². The molecule has 0 aliphatic carbocycles. The molecule has 8 aromatic heterocycles. The average Bonchev–Trinajstić information content (AvgIpc) is 1.59. The predicted octanol–water partition coefficient (Wildman–Crippen LogP) is 29.1. The van der Waals surface area contributed by atoms with E-state index in [1.807, 2.05) is 28.3 Å². The summed E-state index contributed by atoms with van der Waals surface area (Å²) in [6.07, 6.45) is 17.5. The van der Waals surface area contributed by atoms with Crippen molar-refractivity contribution in [2.45, 2.75) is 80.0 Å². The number of nitrogens with zero attached hydrogens (tertiary/aromatic N) is 18. The van der Waals surface area contributed by atoms with Gasteiger partial charge in [-0.05, 0) is 111 Å². The van der Waals surface area contributed by atoms with Crippen LogP contribution in [-0.4, -0.2) is 77.2 Å². The smallest absolute Gasteiger partial charge is 0.127 e. The van der Waals surface area contributed by atoms with Gasteiger partial charge in [0.2, 0.25) is 0 Å². The third kappa shape index (κ3) is 24.6. The van der Waals surface area contributed by atoms with E-state index < -0.39 is 34.2 Å². The van der Waals surface area contributed by atoms with E-state index in [9.17, 15) is 0 Å². The molecule has 17 aromatic rings. The Hall–Kier alpha value is -4.91. The quantitative estimate of drug-likeness (QED) is 0.0428. The zero-order valence-corrected chi connectivity index (χ0v) is 88.3. The summed E-state index contributed by atoms with van der Waals surface area (Å²) in [5.74, 6) is 0. The molecule has 629 valence electrons. The molecule has 0 N–H and O–H groups in total. The summed E-state index contributed by atoms with van der Waals surface area (Å²) in [5, 5.41) is 18.0. The van der Waals surface area contributed by atoms with Gasteiger partial charge in [0, 0.05) is 23.2 Å². The van der Waals surface area contributed by atoms with Gasteiger partial charge < -0.3 is 0 Å². The number of unbranched alkanes of at least 4 members (excludes halogenated alkanes) is 3. The van der Waals surface area contributed by atoms with Gasteiger partial charge >= 0.3 is 182 Å². The molecule has 0 fully saturated rings. The molecule has 0 bridgehead atoms. The van der Waals surface area contributed by atoms with E-state index in [4.69, 9.17) is 24.0 Å². The second kappa shape index (κ2) is 50.3. The molecule has 0 unspecified atom stereocenters. The van der Waals surface area contributed by atoms with E-state index in [1.165, 1.54) is 140 Å². The van der Waals surface area contributed by atoms with Crippen LogP contribution in [0.1, 0.15) is 66.7 Å². The van der Waals surface area contributed by atoms with Crippen LogP contribution in [-0.2, 0) is 50.0 Å². The molecule has 1 radical (unpaired) electrons. The Balaban J connectivity index is 0.000000134. The molecule has 3 aliphatic rings. The molecular formula is C82H70BBr4Cl2N18P2PdS12Sn. The van der Waals surface area contributed by atoms with E-state index >= 15 is 0 Å². The first-order valence-corrected chi connectivity index (χ1v) is 63.6. The number of benzene rings is 9. The number of hydrogen-bond acceptors (Lipinski definition) is 27. The Kier molecular flexibility index (Phi) is 39.7. The Morgan fingerprint density at radius 3 is 0.886 bits per heavy atom. The van der Waals surface area contributed by atoms with Crippen molar-refractivity contribution in [3.8, 4) is 42.3 Å². The minimum atomic E-state index is -2.12. The van der Waals surface area contributed by atoms with Crippen LogP contribution in [0.2, 0.25) is 13.3 Å². The van der Waals surface area contributed by atoms with Crippen LogP contribution in [0.15, 0.2) is 276 Å². The summed E-state index contributed by atoms with van der Waals surface area (Å²) in [4.78, 5) is 22.5. The third-order valence-electron chi connectivity index (χ3n) is 18.3. The zero-order chi connectivity index (χ0) is 85.0. The Bertz CT molecular complexity index is 5930. The molecule has 18 nitrogen and oxygen atoms in total. The maximum atomic E-state index is 4.81. The van der Waals surface area contributed by atoms with Gasteiger partial charge in [0.15, 0.2) is 0 Å². The number of thiazole rings is 5. The van der Waals surface area contributed by atoms with Crippen molar-refractivity contribution in [3.63, 3.8) is 0 Å². The zero-order valence-electron chi connectivity index (χ0n) is 64.3. The molecule has 3 aliphatic heterocycles. The second-order valence-corrected chi connectivity index (χ2v) is 59.0. The molecular weight excluding hydrogens is 2310 g/mol. The predicted molar refractivity (Wildman–Crippen MR) is 555 cm³/mol. The topological polar surface area (TPSA) is 228 Å². The van der Waals surface area contributed by atoms with Gasteiger partial charge in [-0.25, -0.2) is 19.9 Å². The monoisotopic (exact) mass is 2370 g/mol. The SMILES string of the molecule is Brc1c2c(c(Br)c3nsnc13)N=S=N2.Brc1cnc(-c2c3c(c(-c4ncc(Br)s4)c4nsnc24)N=S=N3)s1.C.CCC[CH2][Sn]([CH2]CCC)([CH2]CCC)[c]1nccs1.[B]=NS.[Cl][Pd][Cl].c1ccc(P(c2ccccc2)c2ccccc2)cc1.c1ccc(P(c2ccccc2)c2ccccc2)cc1.c1csc(-c2c3c(c(-c4nccs4)c4nsnc24)N=S=N3)n1. The standard InChI is InChI=1S/2C18H15P.C12H2Br2N6S4.C12H4N6S4.C6Br2N4S2.3C4H9.C3H2NS.CH4.BHNS.2ClH.Pd.Sn/c2*1-4-10-16(11-5-1)19(17-12-6-2-7-13-17)18-14-8-3-9-15-18;13-3-1-15-11(21-3)5-7-9(19-23-17-7)6(10-8(5)18-24-20-10)12-16-2-4(14)22-12;1-3-19-11(13-1)5-7-9(17-21-15-7)6(12-14-2-4-20-12)10-8(5)16-22-18-10;7-1-3-5(11-13-9-3)2(8)6-4(1)10-14-12-6;3*1-3-4-2;1-2-5-3-4-1;;1-2-3;;;;/h2*1-15H;1-2H;1-4H;;3*1,3-4H2,2H3;1-2H;1H4;3H;2*1H;;/q;;;;;;;;;;;;;+2;/p-2. The van der Waals surface area contributed by atoms with Gasteiger partial charge in [0.05, 0.1) is 120 Å². The number of halogens is 6. The minimum Gasteiger partial charge on any atom is -0.244 e. The summed E-state index contributed by atoms with van der Waals surface area (Å²) in [6, 6.07) is 64.7. The Labute approximate surface area is 820 Å². The number of aromatic nitrogens is 11. The number of rotatable bonds is 20. The fraction of sp³-hybridized carbons (Fsp3) is 0.159. The van der Waals surface area contributed by atoms with Crippen LogP contribution in [0.3, 0.4) is 0 Å². The molecule has 0 amide bonds. The summed E-state index contributed by atoms with van der Waals surface area (Å²) in [7, 11) is 13.1. The fourth-order valence-corrected chi connectivity index (χ4v) is 45.6. The molecule has 11 heterocycles. The van der Waals surface area contributed by atoms with Crippen molar-refractivity contribution < 1.29 is 15.9 Å². The van der Waals surface area contributed by atoms with Gasteiger partial charge in [-0.1, -0.05) is 189 Å². The maximum absolute atomic E-state index is 4.81. The molecule has 0 saturated carbocycles. The van der Waals surface area contributed by atoms with E-state index in [-0.39, 0.29) is 23.4 Å². The first kappa shape index (κ1) is 97.2. The average molecular weight is 2380 g/mol. The second-order valence-electron chi connectivity index (χ2n) is 25.8. The van der Waals surface area contributed by atoms with Crippen LogP contribution in [0.4, 0.5) is 34.1 Å². The van der Waals surface area contributed by atoms with Crippen LogP contribution < -0.4 is 34.9 Å². The number of thiol groups is 1. The van der Waals surface area contributed by atoms with Crippen molar-refractivity contribution in [2.75, 3.05) is 0 Å². The molecule has 0 saturated heterocycles. The van der Waals surface area contributed by atoms with Crippen molar-refractivity contribution in [3.05, 3.63) is 246 Å². The Morgan fingerprint density at radius 1 is 0.382 bits per heavy atom. The maximum Gasteiger partial charge on any atom is 0.127 e. The van der Waals surface area contributed by atoms with Gasteiger partial charge in [-0.3, -0.25) is 0 Å². The molecule has 41 heteroatoms. The van der Waals surface area contributed by atoms with E-state index in [0.717, 1.165) is 126 Å². The number of fused-ring (bicyclic) bond motifs is 6. The van der Waals surface area contributed by atoms with Crippen LogP contribution in [0.5, 0.6) is 0 Å². The first-order valence-electron chi connectivity index (χ1n) is 37.2. The van der Waals surface area contributed by atoms with Crippen molar-refractivity contribution in [1.29, 1.82) is 0 Å². The van der Waals surface area contributed by atoms with E-state index in [0.29, 0.717) is 0 Å². The van der Waals surface area contributed by atoms with E-state index in [1.54, 1.807) is 86.5 Å². The summed E-state index contributed by atoms with van der Waals surface area (Å²) >= 11 is 30.1. The van der Waals surface area contributed by atoms with Gasteiger partial charge in [-0.2, -0.15) is 52.4 Å². The summed E-state index contributed by atoms with van der Waals surface area (Å²) in [6.45, 7) is 6.99. The van der Waals surface area contributed by atoms with Crippen LogP contribution in [0, 0.1) is 0 Å². The van der Waals surface area contributed by atoms with Gasteiger partial charge in [0.25, 0.3) is 0 Å². The summed E-state index contributed by atoms with van der Waals surface area (Å²) in [5.41, 5.74) is 13.4. The third-order valence-corrected chi connectivity index (χ3v) is 51.1. The largest absolute Gasteiger partial charge is 0.244 e. The van der Waals surface area contributed by atoms with E-state index in [2.05, 4.69) is 369 Å². The van der Waals surface area contributed by atoms with Gasteiger partial charge in [0.1, 0.15) is 87.3 Å². The fourth-order valence-electron chi connectivity index (χ4n) is 13.0. The first-order chi connectivity index (χ1) is 60.0. The molecule has 123 heavy (non-hydrogen) atoms. The summed E-state index contributed by atoms with van der Waals surface area (Å²) < 4.78 is 65.4. The molecule has 9 aromatic carbocycles. The van der Waals surface area contributed by atoms with Gasteiger partial charge in [-0.15, -0.1) is 45.3 Å². The van der Waals surface area contributed by atoms with Crippen molar-refractivity contribution in [2.24, 2.45) is 30.5 Å². The van der Waals surface area contributed by atoms with Crippen LogP contribution >= 0.6 is 203 Å².